The Labute approximate surface area is 274 Å². The number of rotatable bonds is 11. The van der Waals surface area contributed by atoms with Crippen molar-refractivity contribution in [2.24, 2.45) is 0 Å². The third kappa shape index (κ3) is 5.95. The van der Waals surface area contributed by atoms with Gasteiger partial charge in [-0.2, -0.15) is 0 Å². The molecule has 0 atom stereocenters. The molecule has 10 nitrogen and oxygen atoms in total. The molecule has 47 heavy (non-hydrogen) atoms. The topological polar surface area (TPSA) is 140 Å². The molecule has 1 fully saturated rings. The van der Waals surface area contributed by atoms with Crippen molar-refractivity contribution in [1.29, 1.82) is 0 Å². The number of phenols is 1. The summed E-state index contributed by atoms with van der Waals surface area (Å²) in [5.41, 5.74) is 2.94. The molecule has 0 spiro atoms. The molecule has 1 aliphatic carbocycles. The number of pyridine rings is 1. The molecule has 0 radical (unpaired) electrons. The van der Waals surface area contributed by atoms with Crippen LogP contribution in [0.2, 0.25) is 0 Å². The maximum atomic E-state index is 13.3. The number of aryl methyl sites for hydroxylation is 1. The van der Waals surface area contributed by atoms with Gasteiger partial charge in [0.15, 0.2) is 11.5 Å². The molecule has 11 heteroatoms. The highest BCUT2D eigenvalue weighted by Gasteiger charge is 2.53. The number of amides is 1. The van der Waals surface area contributed by atoms with Crippen LogP contribution >= 0.6 is 0 Å². The van der Waals surface area contributed by atoms with E-state index in [1.54, 1.807) is 42.6 Å². The minimum Gasteiger partial charge on any atom is -0.504 e. The smallest absolute Gasteiger partial charge is 0.244 e. The standard InChI is InChI=1S/C36H39N3O7S/c1-20(2)45-33-25-10-9-17-37-30(25)29-28(32(33)40)31(38-34(29)46-21(3)4)24-14-13-23(18-22(24)5)19-47(42,43)39-35(41)36(15-16-36)26-11-7-8-12-27(26)44-6/h7-14,17-18,20-21,38,40H,15-16,19H2,1-6H3,(H,39,41). The highest BCUT2D eigenvalue weighted by Crippen LogP contribution is 2.52. The number of nitrogens with zero attached hydrogens (tertiary/aromatic N) is 1. The SMILES string of the molecule is COc1ccccc1C1(C(=O)NS(=O)(=O)Cc2ccc(-c3[nH]c(OC(C)C)c4c3c(O)c(OC(C)C)c3cccnc34)c(C)c2)CC1. The summed E-state index contributed by atoms with van der Waals surface area (Å²) in [4.78, 5) is 21.3. The van der Waals surface area contributed by atoms with Crippen LogP contribution in [0.5, 0.6) is 23.1 Å². The Balaban J connectivity index is 1.36. The molecule has 1 amide bonds. The molecule has 2 aromatic heterocycles. The molecule has 0 aliphatic heterocycles. The third-order valence-corrected chi connectivity index (χ3v) is 9.60. The number of phenolic OH excluding ortho intramolecular Hbond substituents is 1. The fraction of sp³-hybridized carbons (Fsp3) is 0.333. The van der Waals surface area contributed by atoms with Crippen LogP contribution < -0.4 is 18.9 Å². The summed E-state index contributed by atoms with van der Waals surface area (Å²) in [7, 11) is -2.49. The van der Waals surface area contributed by atoms with Crippen molar-refractivity contribution in [3.8, 4) is 34.4 Å². The van der Waals surface area contributed by atoms with E-state index in [0.717, 1.165) is 11.1 Å². The van der Waals surface area contributed by atoms with E-state index in [1.807, 2.05) is 52.8 Å². The second-order valence-corrected chi connectivity index (χ2v) is 14.3. The summed E-state index contributed by atoms with van der Waals surface area (Å²) in [5, 5.41) is 13.5. The molecule has 1 saturated carbocycles. The zero-order chi connectivity index (χ0) is 33.7. The van der Waals surface area contributed by atoms with Crippen LogP contribution in [0.25, 0.3) is 32.9 Å². The minimum absolute atomic E-state index is 0.0446. The zero-order valence-electron chi connectivity index (χ0n) is 27.3. The molecule has 1 aliphatic rings. The number of aromatic hydroxyl groups is 1. The number of methoxy groups -OCH3 is 1. The Morgan fingerprint density at radius 1 is 1.02 bits per heavy atom. The van der Waals surface area contributed by atoms with Crippen LogP contribution in [0.1, 0.15) is 57.2 Å². The van der Waals surface area contributed by atoms with Gasteiger partial charge in [-0.05, 0) is 76.8 Å². The van der Waals surface area contributed by atoms with Crippen molar-refractivity contribution >= 4 is 37.6 Å². The molecule has 0 bridgehead atoms. The van der Waals surface area contributed by atoms with Gasteiger partial charge in [0.1, 0.15) is 5.75 Å². The molecule has 0 unspecified atom stereocenters. The van der Waals surface area contributed by atoms with E-state index in [1.165, 1.54) is 7.11 Å². The average molecular weight is 658 g/mol. The Morgan fingerprint density at radius 2 is 1.74 bits per heavy atom. The van der Waals surface area contributed by atoms with Crippen LogP contribution in [0, 0.1) is 6.92 Å². The normalized spacial score (nSPS) is 14.1. The number of hydrogen-bond donors (Lipinski definition) is 3. The van der Waals surface area contributed by atoms with Gasteiger partial charge < -0.3 is 24.3 Å². The highest BCUT2D eigenvalue weighted by molar-refractivity contribution is 7.89. The van der Waals surface area contributed by atoms with Gasteiger partial charge in [-0.3, -0.25) is 14.5 Å². The van der Waals surface area contributed by atoms with E-state index in [0.29, 0.717) is 68.7 Å². The van der Waals surface area contributed by atoms with Crippen LogP contribution in [-0.2, 0) is 26.0 Å². The first-order chi connectivity index (χ1) is 22.3. The monoisotopic (exact) mass is 657 g/mol. The summed E-state index contributed by atoms with van der Waals surface area (Å²) in [6, 6.07) is 16.1. The molecule has 6 rings (SSSR count). The minimum atomic E-state index is -4.02. The Morgan fingerprint density at radius 3 is 2.40 bits per heavy atom. The fourth-order valence-corrected chi connectivity index (χ4v) is 7.39. The number of ether oxygens (including phenoxy) is 3. The lowest BCUT2D eigenvalue weighted by atomic mass is 9.94. The number of carbonyl (C=O) groups excluding carboxylic acids is 1. The third-order valence-electron chi connectivity index (χ3n) is 8.39. The van der Waals surface area contributed by atoms with Gasteiger partial charge >= 0.3 is 0 Å². The summed E-state index contributed by atoms with van der Waals surface area (Å²) in [5.74, 6) is 0.350. The molecular weight excluding hydrogens is 618 g/mol. The number of H-pyrrole nitrogens is 1. The van der Waals surface area contributed by atoms with Crippen molar-refractivity contribution in [2.75, 3.05) is 7.11 Å². The summed E-state index contributed by atoms with van der Waals surface area (Å²) in [6.07, 6.45) is 2.39. The second kappa shape index (κ2) is 12.1. The van der Waals surface area contributed by atoms with Gasteiger partial charge in [-0.25, -0.2) is 8.42 Å². The Bertz CT molecular complexity index is 2110. The molecule has 0 saturated heterocycles. The lowest BCUT2D eigenvalue weighted by Crippen LogP contribution is -2.39. The van der Waals surface area contributed by atoms with Crippen molar-refractivity contribution in [3.63, 3.8) is 0 Å². The van der Waals surface area contributed by atoms with Crippen molar-refractivity contribution in [1.82, 2.24) is 14.7 Å². The van der Waals surface area contributed by atoms with Gasteiger partial charge in [0.2, 0.25) is 21.8 Å². The summed E-state index contributed by atoms with van der Waals surface area (Å²) < 4.78 is 46.6. The number of para-hydroxylation sites is 1. The largest absolute Gasteiger partial charge is 0.504 e. The van der Waals surface area contributed by atoms with Crippen molar-refractivity contribution < 1.29 is 32.5 Å². The molecule has 2 heterocycles. The first-order valence-electron chi connectivity index (χ1n) is 15.6. The lowest BCUT2D eigenvalue weighted by Gasteiger charge is -2.18. The number of hydrogen-bond acceptors (Lipinski definition) is 8. The predicted octanol–water partition coefficient (Wildman–Crippen LogP) is 6.66. The average Bonchev–Trinajstić information content (AvgIpc) is 3.75. The van der Waals surface area contributed by atoms with Gasteiger partial charge in [0, 0.05) is 22.7 Å². The van der Waals surface area contributed by atoms with E-state index >= 15 is 0 Å². The molecular formula is C36H39N3O7S. The lowest BCUT2D eigenvalue weighted by molar-refractivity contribution is -0.121. The van der Waals surface area contributed by atoms with Crippen molar-refractivity contribution in [3.05, 3.63) is 77.5 Å². The fourth-order valence-electron chi connectivity index (χ4n) is 6.22. The molecule has 3 aromatic carbocycles. The van der Waals surface area contributed by atoms with Crippen LogP contribution in [-0.4, -0.2) is 48.7 Å². The van der Waals surface area contributed by atoms with E-state index in [2.05, 4.69) is 14.7 Å². The first kappa shape index (κ1) is 32.2. The Kier molecular flexibility index (Phi) is 8.29. The van der Waals surface area contributed by atoms with Crippen LogP contribution in [0.15, 0.2) is 60.8 Å². The van der Waals surface area contributed by atoms with Crippen molar-refractivity contribution in [2.45, 2.75) is 70.8 Å². The maximum Gasteiger partial charge on any atom is 0.244 e. The maximum absolute atomic E-state index is 13.3. The summed E-state index contributed by atoms with van der Waals surface area (Å²) in [6.45, 7) is 9.47. The molecule has 3 N–H and O–H groups in total. The van der Waals surface area contributed by atoms with Crippen LogP contribution in [0.4, 0.5) is 0 Å². The zero-order valence-corrected chi connectivity index (χ0v) is 28.1. The number of aromatic nitrogens is 2. The number of aromatic amines is 1. The quantitative estimate of drug-likeness (QED) is 0.143. The Hall–Kier alpha value is -4.77. The van der Waals surface area contributed by atoms with Crippen LogP contribution in [0.3, 0.4) is 0 Å². The highest BCUT2D eigenvalue weighted by atomic mass is 32.2. The summed E-state index contributed by atoms with van der Waals surface area (Å²) >= 11 is 0. The number of carbonyl (C=O) groups is 1. The van der Waals surface area contributed by atoms with E-state index in [-0.39, 0.29) is 23.7 Å². The first-order valence-corrected chi connectivity index (χ1v) is 17.3. The number of sulfonamides is 1. The second-order valence-electron chi connectivity index (χ2n) is 12.6. The van der Waals surface area contributed by atoms with E-state index in [4.69, 9.17) is 14.2 Å². The van der Waals surface area contributed by atoms with E-state index < -0.39 is 21.3 Å². The van der Waals surface area contributed by atoms with Gasteiger partial charge in [0.05, 0.1) is 52.5 Å². The van der Waals surface area contributed by atoms with E-state index in [9.17, 15) is 18.3 Å². The van der Waals surface area contributed by atoms with Gasteiger partial charge in [-0.15, -0.1) is 0 Å². The van der Waals surface area contributed by atoms with Gasteiger partial charge in [-0.1, -0.05) is 36.4 Å². The predicted molar refractivity (Wildman–Crippen MR) is 182 cm³/mol. The molecule has 246 valence electrons. The van der Waals surface area contributed by atoms with Gasteiger partial charge in [0.25, 0.3) is 0 Å². The number of benzene rings is 3. The number of nitrogens with one attached hydrogen (secondary N) is 2. The molecule has 5 aromatic rings. The number of fused-ring (bicyclic) bond motifs is 3.